The van der Waals surface area contributed by atoms with Crippen LogP contribution in [0, 0.1) is 13.8 Å². The number of hydrogen-bond acceptors (Lipinski definition) is 5. The highest BCUT2D eigenvalue weighted by Crippen LogP contribution is 2.43. The Bertz CT molecular complexity index is 867. The fourth-order valence-corrected chi connectivity index (χ4v) is 5.11. The zero-order valence-corrected chi connectivity index (χ0v) is 18.3. The van der Waals surface area contributed by atoms with Crippen LogP contribution in [0.2, 0.25) is 0 Å². The van der Waals surface area contributed by atoms with Crippen molar-refractivity contribution in [1.82, 2.24) is 15.6 Å². The lowest BCUT2D eigenvalue weighted by atomic mass is 9.78. The van der Waals surface area contributed by atoms with Crippen molar-refractivity contribution in [2.45, 2.75) is 51.5 Å². The van der Waals surface area contributed by atoms with Gasteiger partial charge in [0.15, 0.2) is 17.5 Å². The Morgan fingerprint density at radius 3 is 2.59 bits per heavy atom. The molecule has 6 nitrogen and oxygen atoms in total. The fraction of sp³-hybridized carbons (Fsp3) is 0.545. The molecule has 1 saturated carbocycles. The van der Waals surface area contributed by atoms with E-state index >= 15 is 0 Å². The number of aliphatic imine (C=N–C) groups is 1. The molecule has 2 heterocycles. The molecule has 1 fully saturated rings. The summed E-state index contributed by atoms with van der Waals surface area (Å²) in [7, 11) is 1.82. The summed E-state index contributed by atoms with van der Waals surface area (Å²) in [5.41, 5.74) is 2.54. The van der Waals surface area contributed by atoms with Crippen molar-refractivity contribution < 1.29 is 9.47 Å². The van der Waals surface area contributed by atoms with E-state index in [0.29, 0.717) is 19.8 Å². The summed E-state index contributed by atoms with van der Waals surface area (Å²) in [6.07, 6.45) is 4.84. The lowest BCUT2D eigenvalue weighted by Crippen LogP contribution is -2.44. The Labute approximate surface area is 176 Å². The molecule has 2 N–H and O–H groups in total. The van der Waals surface area contributed by atoms with E-state index in [1.807, 2.05) is 7.05 Å². The van der Waals surface area contributed by atoms with Gasteiger partial charge >= 0.3 is 0 Å². The molecule has 2 aliphatic rings. The zero-order chi connectivity index (χ0) is 20.3. The minimum Gasteiger partial charge on any atom is -0.486 e. The number of nitrogens with one attached hydrogen (secondary N) is 2. The molecule has 0 amide bonds. The molecular formula is C22H30N4O2S. The minimum absolute atomic E-state index is 0.0990. The summed E-state index contributed by atoms with van der Waals surface area (Å²) in [4.78, 5) is 10.3. The Hall–Kier alpha value is -2.28. The molecule has 0 radical (unpaired) electrons. The molecule has 1 aliphatic heterocycles. The van der Waals surface area contributed by atoms with Gasteiger partial charge in [0.1, 0.15) is 18.2 Å². The van der Waals surface area contributed by atoms with Crippen LogP contribution >= 0.6 is 11.3 Å². The van der Waals surface area contributed by atoms with Gasteiger partial charge in [-0.15, -0.1) is 11.3 Å². The largest absolute Gasteiger partial charge is 0.486 e. The van der Waals surface area contributed by atoms with Gasteiger partial charge < -0.3 is 20.1 Å². The van der Waals surface area contributed by atoms with Gasteiger partial charge in [-0.1, -0.05) is 18.9 Å². The van der Waals surface area contributed by atoms with E-state index in [4.69, 9.17) is 9.47 Å². The molecule has 0 bridgehead atoms. The van der Waals surface area contributed by atoms with E-state index in [9.17, 15) is 0 Å². The number of rotatable bonds is 5. The van der Waals surface area contributed by atoms with Crippen molar-refractivity contribution in [3.8, 4) is 11.5 Å². The molecule has 156 valence electrons. The summed E-state index contributed by atoms with van der Waals surface area (Å²) in [5.74, 6) is 2.55. The molecule has 2 aromatic rings. The molecule has 0 saturated heterocycles. The third kappa shape index (κ3) is 4.34. The van der Waals surface area contributed by atoms with Crippen molar-refractivity contribution in [1.29, 1.82) is 0 Å². The van der Waals surface area contributed by atoms with Crippen molar-refractivity contribution >= 4 is 17.3 Å². The van der Waals surface area contributed by atoms with Gasteiger partial charge in [-0.2, -0.15) is 0 Å². The lowest BCUT2D eigenvalue weighted by Gasteiger charge is -2.32. The highest BCUT2D eigenvalue weighted by molar-refractivity contribution is 7.11. The lowest BCUT2D eigenvalue weighted by molar-refractivity contribution is 0.171. The molecule has 1 aromatic heterocycles. The van der Waals surface area contributed by atoms with Crippen molar-refractivity contribution in [2.24, 2.45) is 4.99 Å². The van der Waals surface area contributed by atoms with E-state index in [1.165, 1.54) is 36.1 Å². The minimum atomic E-state index is 0.0990. The van der Waals surface area contributed by atoms with Crippen LogP contribution < -0.4 is 20.1 Å². The number of benzene rings is 1. The SMILES string of the molecule is CN=C(NCc1nc(C)c(C)s1)NCC1(c2ccc3c(c2)OCCO3)CCCC1. The Kier molecular flexibility index (Phi) is 5.94. The summed E-state index contributed by atoms with van der Waals surface area (Å²) in [6, 6.07) is 6.45. The molecule has 29 heavy (non-hydrogen) atoms. The first-order chi connectivity index (χ1) is 14.1. The Morgan fingerprint density at radius 2 is 1.90 bits per heavy atom. The molecule has 7 heteroatoms. The number of thiazole rings is 1. The molecule has 0 atom stereocenters. The van der Waals surface area contributed by atoms with Gasteiger partial charge in [0.25, 0.3) is 0 Å². The van der Waals surface area contributed by atoms with Crippen molar-refractivity contribution in [3.05, 3.63) is 39.3 Å². The van der Waals surface area contributed by atoms with Crippen LogP contribution in [0.4, 0.5) is 0 Å². The summed E-state index contributed by atoms with van der Waals surface area (Å²) in [5, 5.41) is 8.07. The number of ether oxygens (including phenoxy) is 2. The zero-order valence-electron chi connectivity index (χ0n) is 17.5. The van der Waals surface area contributed by atoms with Crippen molar-refractivity contribution in [2.75, 3.05) is 26.8 Å². The number of fused-ring (bicyclic) bond motifs is 1. The first-order valence-corrected chi connectivity index (χ1v) is 11.2. The smallest absolute Gasteiger partial charge is 0.191 e. The first kappa shape index (κ1) is 20.0. The first-order valence-electron chi connectivity index (χ1n) is 10.4. The quantitative estimate of drug-likeness (QED) is 0.577. The summed E-state index contributed by atoms with van der Waals surface area (Å²) < 4.78 is 11.5. The topological polar surface area (TPSA) is 67.8 Å². The molecular weight excluding hydrogens is 384 g/mol. The van der Waals surface area contributed by atoms with E-state index in [2.05, 4.69) is 52.7 Å². The standard InChI is InChI=1S/C22H30N4O2S/c1-15-16(2)29-20(26-15)13-24-21(23-3)25-14-22(8-4-5-9-22)17-6-7-18-19(12-17)28-11-10-27-18/h6-7,12H,4-5,8-11,13-14H2,1-3H3,(H2,23,24,25). The normalized spacial score (nSPS) is 18.0. The monoisotopic (exact) mass is 414 g/mol. The molecule has 0 spiro atoms. The van der Waals surface area contributed by atoms with E-state index in [-0.39, 0.29) is 5.41 Å². The Morgan fingerprint density at radius 1 is 1.14 bits per heavy atom. The van der Waals surface area contributed by atoms with Crippen LogP contribution in [-0.4, -0.2) is 37.7 Å². The second-order valence-electron chi connectivity index (χ2n) is 7.87. The number of aryl methyl sites for hydroxylation is 2. The predicted octanol–water partition coefficient (Wildman–Crippen LogP) is 3.71. The fourth-order valence-electron chi connectivity index (χ4n) is 4.24. The van der Waals surface area contributed by atoms with Gasteiger partial charge in [0.2, 0.25) is 0 Å². The summed E-state index contributed by atoms with van der Waals surface area (Å²) in [6.45, 7) is 6.95. The van der Waals surface area contributed by atoms with Crippen LogP contribution in [0.3, 0.4) is 0 Å². The second-order valence-corrected chi connectivity index (χ2v) is 9.16. The Balaban J connectivity index is 1.43. The second kappa shape index (κ2) is 8.61. The van der Waals surface area contributed by atoms with Gasteiger partial charge in [0.05, 0.1) is 12.2 Å². The van der Waals surface area contributed by atoms with Gasteiger partial charge in [-0.25, -0.2) is 4.98 Å². The molecule has 1 aliphatic carbocycles. The number of guanidine groups is 1. The average Bonchev–Trinajstić information content (AvgIpc) is 3.35. The molecule has 4 rings (SSSR count). The maximum absolute atomic E-state index is 5.83. The number of aromatic nitrogens is 1. The van der Waals surface area contributed by atoms with Gasteiger partial charge in [0, 0.05) is 23.9 Å². The van der Waals surface area contributed by atoms with E-state index in [1.54, 1.807) is 11.3 Å². The van der Waals surface area contributed by atoms with Crippen LogP contribution in [-0.2, 0) is 12.0 Å². The average molecular weight is 415 g/mol. The van der Waals surface area contributed by atoms with Crippen LogP contribution in [0.5, 0.6) is 11.5 Å². The van der Waals surface area contributed by atoms with Gasteiger partial charge in [-0.3, -0.25) is 4.99 Å². The van der Waals surface area contributed by atoms with Crippen molar-refractivity contribution in [3.63, 3.8) is 0 Å². The molecule has 1 aromatic carbocycles. The predicted molar refractivity (Wildman–Crippen MR) is 117 cm³/mol. The van der Waals surface area contributed by atoms with Crippen LogP contribution in [0.15, 0.2) is 23.2 Å². The highest BCUT2D eigenvalue weighted by atomic mass is 32.1. The van der Waals surface area contributed by atoms with Crippen LogP contribution in [0.25, 0.3) is 0 Å². The number of hydrogen-bond donors (Lipinski definition) is 2. The molecule has 0 unspecified atom stereocenters. The van der Waals surface area contributed by atoms with E-state index in [0.717, 1.165) is 34.7 Å². The third-order valence-corrected chi connectivity index (χ3v) is 7.09. The van der Waals surface area contributed by atoms with Crippen LogP contribution in [0.1, 0.15) is 46.8 Å². The maximum Gasteiger partial charge on any atom is 0.191 e. The highest BCUT2D eigenvalue weighted by Gasteiger charge is 2.36. The van der Waals surface area contributed by atoms with Gasteiger partial charge in [-0.05, 0) is 44.4 Å². The third-order valence-electron chi connectivity index (χ3n) is 6.01. The van der Waals surface area contributed by atoms with E-state index < -0.39 is 0 Å². The number of nitrogens with zero attached hydrogens (tertiary/aromatic N) is 2. The maximum atomic E-state index is 5.83. The summed E-state index contributed by atoms with van der Waals surface area (Å²) >= 11 is 1.74.